The number of carbonyl (C=O) groups is 1. The Hall–Kier alpha value is -2.53. The number of hydrogen-bond acceptors (Lipinski definition) is 3. The maximum atomic E-state index is 12.5. The highest BCUT2D eigenvalue weighted by Crippen LogP contribution is 2.34. The van der Waals surface area contributed by atoms with Crippen LogP contribution in [0.4, 0.5) is 0 Å². The van der Waals surface area contributed by atoms with Crippen LogP contribution in [0.15, 0.2) is 48.5 Å². The van der Waals surface area contributed by atoms with Crippen molar-refractivity contribution in [3.8, 4) is 11.5 Å². The number of benzene rings is 2. The lowest BCUT2D eigenvalue weighted by Crippen LogP contribution is -3.14. The van der Waals surface area contributed by atoms with Gasteiger partial charge in [0.1, 0.15) is 0 Å². The van der Waals surface area contributed by atoms with Crippen LogP contribution in [-0.2, 0) is 11.2 Å². The molecule has 2 aliphatic rings. The zero-order chi connectivity index (χ0) is 19.3. The lowest BCUT2D eigenvalue weighted by molar-refractivity contribution is -0.898. The van der Waals surface area contributed by atoms with Crippen LogP contribution in [0.2, 0.25) is 0 Å². The van der Waals surface area contributed by atoms with Crippen LogP contribution in [0.5, 0.6) is 11.5 Å². The number of fused-ring (bicyclic) bond motifs is 1. The monoisotopic (exact) mass is 381 g/mol. The van der Waals surface area contributed by atoms with Crippen LogP contribution >= 0.6 is 0 Å². The van der Waals surface area contributed by atoms with Crippen LogP contribution in [0.1, 0.15) is 36.9 Å². The number of rotatable bonds is 6. The van der Waals surface area contributed by atoms with E-state index >= 15 is 0 Å². The van der Waals surface area contributed by atoms with Gasteiger partial charge in [0, 0.05) is 0 Å². The van der Waals surface area contributed by atoms with Crippen LogP contribution in [0, 0.1) is 5.92 Å². The molecule has 2 aromatic carbocycles. The van der Waals surface area contributed by atoms with Crippen LogP contribution in [-0.4, -0.2) is 32.3 Å². The fourth-order valence-corrected chi connectivity index (χ4v) is 4.20. The number of piperidine rings is 1. The molecule has 0 unspecified atom stereocenters. The van der Waals surface area contributed by atoms with Gasteiger partial charge in [0.05, 0.1) is 19.1 Å². The number of nitrogens with one attached hydrogen (secondary N) is 2. The highest BCUT2D eigenvalue weighted by atomic mass is 16.7. The molecule has 148 valence electrons. The Morgan fingerprint density at radius 3 is 2.64 bits per heavy atom. The van der Waals surface area contributed by atoms with Crippen molar-refractivity contribution in [2.24, 2.45) is 5.92 Å². The minimum absolute atomic E-state index is 0.0444. The highest BCUT2D eigenvalue weighted by molar-refractivity contribution is 5.77. The van der Waals surface area contributed by atoms with Crippen molar-refractivity contribution in [3.63, 3.8) is 0 Å². The Labute approximate surface area is 166 Å². The minimum atomic E-state index is -0.0444. The molecule has 1 amide bonds. The molecule has 1 fully saturated rings. The summed E-state index contributed by atoms with van der Waals surface area (Å²) in [6, 6.07) is 16.5. The van der Waals surface area contributed by atoms with Gasteiger partial charge in [0.2, 0.25) is 6.79 Å². The number of hydrogen-bond donors (Lipinski definition) is 2. The van der Waals surface area contributed by atoms with E-state index in [1.807, 2.05) is 25.1 Å². The SMILES string of the molecule is C[C@H](NC(=O)C[NH+]1CCC(Cc2ccccc2)CC1)c1ccc2c(c1)OCO2. The van der Waals surface area contributed by atoms with Gasteiger partial charge >= 0.3 is 0 Å². The number of ether oxygens (including phenoxy) is 2. The van der Waals surface area contributed by atoms with Gasteiger partial charge < -0.3 is 19.7 Å². The third kappa shape index (κ3) is 4.65. The van der Waals surface area contributed by atoms with Gasteiger partial charge in [-0.25, -0.2) is 0 Å². The maximum Gasteiger partial charge on any atom is 0.275 e. The van der Waals surface area contributed by atoms with E-state index in [2.05, 4.69) is 35.6 Å². The Morgan fingerprint density at radius 2 is 1.86 bits per heavy atom. The molecule has 0 bridgehead atoms. The number of amides is 1. The molecule has 2 heterocycles. The first-order valence-electron chi connectivity index (χ1n) is 10.2. The summed E-state index contributed by atoms with van der Waals surface area (Å²) in [6.45, 7) is 4.97. The van der Waals surface area contributed by atoms with Crippen molar-refractivity contribution >= 4 is 5.91 Å². The number of carbonyl (C=O) groups excluding carboxylic acids is 1. The molecule has 1 saturated heterocycles. The molecule has 0 aromatic heterocycles. The summed E-state index contributed by atoms with van der Waals surface area (Å²) in [7, 11) is 0. The summed E-state index contributed by atoms with van der Waals surface area (Å²) in [4.78, 5) is 13.9. The van der Waals surface area contributed by atoms with Crippen molar-refractivity contribution in [1.82, 2.24) is 5.32 Å². The third-order valence-electron chi connectivity index (χ3n) is 5.86. The molecular formula is C23H29N2O3+. The van der Waals surface area contributed by atoms with E-state index in [1.165, 1.54) is 23.3 Å². The Morgan fingerprint density at radius 1 is 1.11 bits per heavy atom. The summed E-state index contributed by atoms with van der Waals surface area (Å²) in [5, 5.41) is 3.13. The normalized spacial score (nSPS) is 21.9. The highest BCUT2D eigenvalue weighted by Gasteiger charge is 2.25. The molecule has 2 aromatic rings. The van der Waals surface area contributed by atoms with Crippen molar-refractivity contribution in [2.75, 3.05) is 26.4 Å². The fourth-order valence-electron chi connectivity index (χ4n) is 4.20. The second-order valence-electron chi connectivity index (χ2n) is 7.96. The lowest BCUT2D eigenvalue weighted by atomic mass is 9.90. The second kappa shape index (κ2) is 8.65. The largest absolute Gasteiger partial charge is 0.454 e. The predicted molar refractivity (Wildman–Crippen MR) is 108 cm³/mol. The van der Waals surface area contributed by atoms with E-state index in [-0.39, 0.29) is 18.7 Å². The van der Waals surface area contributed by atoms with Crippen LogP contribution in [0.3, 0.4) is 0 Å². The molecule has 2 aliphatic heterocycles. The van der Waals surface area contributed by atoms with E-state index in [4.69, 9.17) is 9.47 Å². The number of likely N-dealkylation sites (tertiary alicyclic amines) is 1. The summed E-state index contributed by atoms with van der Waals surface area (Å²) < 4.78 is 10.8. The maximum absolute atomic E-state index is 12.5. The van der Waals surface area contributed by atoms with Gasteiger partial charge in [-0.05, 0) is 55.4 Å². The van der Waals surface area contributed by atoms with E-state index in [1.54, 1.807) is 0 Å². The van der Waals surface area contributed by atoms with Crippen molar-refractivity contribution in [1.29, 1.82) is 0 Å². The minimum Gasteiger partial charge on any atom is -0.454 e. The van der Waals surface area contributed by atoms with Crippen molar-refractivity contribution in [3.05, 3.63) is 59.7 Å². The van der Waals surface area contributed by atoms with Crippen molar-refractivity contribution < 1.29 is 19.2 Å². The quantitative estimate of drug-likeness (QED) is 0.806. The molecule has 0 radical (unpaired) electrons. The Bertz CT molecular complexity index is 801. The summed E-state index contributed by atoms with van der Waals surface area (Å²) >= 11 is 0. The Balaban J connectivity index is 1.22. The summed E-state index contributed by atoms with van der Waals surface area (Å²) in [5.74, 6) is 2.37. The third-order valence-corrected chi connectivity index (χ3v) is 5.86. The average molecular weight is 381 g/mol. The van der Waals surface area contributed by atoms with Crippen LogP contribution < -0.4 is 19.7 Å². The standard InChI is InChI=1S/C23H28N2O3/c1-17(20-7-8-21-22(14-20)28-16-27-21)24-23(26)15-25-11-9-19(10-12-25)13-18-5-3-2-4-6-18/h2-8,14,17,19H,9-13,15-16H2,1H3,(H,24,26)/p+1/t17-/m0/s1. The topological polar surface area (TPSA) is 52.0 Å². The van der Waals surface area contributed by atoms with Gasteiger partial charge in [-0.15, -0.1) is 0 Å². The molecule has 0 spiro atoms. The van der Waals surface area contributed by atoms with Gasteiger partial charge in [-0.1, -0.05) is 36.4 Å². The summed E-state index contributed by atoms with van der Waals surface area (Å²) in [6.07, 6.45) is 3.53. The summed E-state index contributed by atoms with van der Waals surface area (Å²) in [5.41, 5.74) is 2.46. The lowest BCUT2D eigenvalue weighted by Gasteiger charge is -2.29. The Kier molecular flexibility index (Phi) is 5.81. The molecule has 4 rings (SSSR count). The molecule has 28 heavy (non-hydrogen) atoms. The molecule has 5 heteroatoms. The van der Waals surface area contributed by atoms with Gasteiger partial charge in [0.15, 0.2) is 18.0 Å². The molecule has 5 nitrogen and oxygen atoms in total. The molecule has 1 atom stereocenters. The smallest absolute Gasteiger partial charge is 0.275 e. The van der Waals surface area contributed by atoms with E-state index in [0.29, 0.717) is 6.54 Å². The van der Waals surface area contributed by atoms with E-state index in [0.717, 1.165) is 42.5 Å². The first-order valence-corrected chi connectivity index (χ1v) is 10.2. The van der Waals surface area contributed by atoms with E-state index in [9.17, 15) is 4.79 Å². The van der Waals surface area contributed by atoms with Crippen molar-refractivity contribution in [2.45, 2.75) is 32.2 Å². The first-order chi connectivity index (χ1) is 13.7. The molecule has 0 aliphatic carbocycles. The van der Waals surface area contributed by atoms with Gasteiger partial charge in [-0.3, -0.25) is 4.79 Å². The van der Waals surface area contributed by atoms with Gasteiger partial charge in [-0.2, -0.15) is 0 Å². The molecule has 0 saturated carbocycles. The number of quaternary nitrogens is 1. The zero-order valence-corrected chi connectivity index (χ0v) is 16.4. The predicted octanol–water partition coefficient (Wildman–Crippen LogP) is 2.13. The van der Waals surface area contributed by atoms with Gasteiger partial charge in [0.25, 0.3) is 5.91 Å². The van der Waals surface area contributed by atoms with Crippen LogP contribution in [0.25, 0.3) is 0 Å². The zero-order valence-electron chi connectivity index (χ0n) is 16.4. The first kappa shape index (κ1) is 18.8. The molecule has 2 N–H and O–H groups in total. The fraction of sp³-hybridized carbons (Fsp3) is 0.435. The average Bonchev–Trinajstić information content (AvgIpc) is 3.18. The second-order valence-corrected chi connectivity index (χ2v) is 7.96. The van der Waals surface area contributed by atoms with E-state index < -0.39 is 0 Å². The molecular weight excluding hydrogens is 352 g/mol.